The Morgan fingerprint density at radius 3 is 2.76 bits per heavy atom. The highest BCUT2D eigenvalue weighted by molar-refractivity contribution is 5.97. The number of anilines is 1. The van der Waals surface area contributed by atoms with Crippen molar-refractivity contribution in [2.45, 2.75) is 51.7 Å². The van der Waals surface area contributed by atoms with Crippen molar-refractivity contribution >= 4 is 11.6 Å². The molecule has 2 rings (SSSR count). The van der Waals surface area contributed by atoms with Gasteiger partial charge in [0.2, 0.25) is 0 Å². The third-order valence-corrected chi connectivity index (χ3v) is 3.67. The molecule has 1 fully saturated rings. The molecule has 21 heavy (non-hydrogen) atoms. The van der Waals surface area contributed by atoms with Crippen LogP contribution in [0.2, 0.25) is 0 Å². The van der Waals surface area contributed by atoms with Crippen LogP contribution in [0, 0.1) is 0 Å². The summed E-state index contributed by atoms with van der Waals surface area (Å²) in [6.45, 7) is 6.73. The van der Waals surface area contributed by atoms with Crippen molar-refractivity contribution < 1.29 is 9.53 Å². The first-order valence-electron chi connectivity index (χ1n) is 7.49. The second-order valence-corrected chi connectivity index (χ2v) is 5.68. The number of carbonyl (C=O) groups excluding carboxylic acids is 1. The minimum absolute atomic E-state index is 0.144. The summed E-state index contributed by atoms with van der Waals surface area (Å²) in [5.74, 6) is 0.730. The SMILES string of the molecule is CCNc1cnc(C(C)C)nc1C(=O)NC1CC(OC)C1. The Bertz CT molecular complexity index is 498. The Morgan fingerprint density at radius 2 is 2.19 bits per heavy atom. The van der Waals surface area contributed by atoms with Gasteiger partial charge in [-0.3, -0.25) is 4.79 Å². The van der Waals surface area contributed by atoms with Gasteiger partial charge in [0.05, 0.1) is 18.0 Å². The van der Waals surface area contributed by atoms with Crippen LogP contribution in [0.25, 0.3) is 0 Å². The summed E-state index contributed by atoms with van der Waals surface area (Å²) in [5, 5.41) is 6.15. The molecule has 116 valence electrons. The highest BCUT2D eigenvalue weighted by atomic mass is 16.5. The molecular weight excluding hydrogens is 268 g/mol. The number of rotatable bonds is 6. The molecule has 1 aliphatic carbocycles. The normalized spacial score (nSPS) is 21.0. The predicted molar refractivity (Wildman–Crippen MR) is 81.6 cm³/mol. The van der Waals surface area contributed by atoms with E-state index in [4.69, 9.17) is 4.74 Å². The molecule has 1 aromatic heterocycles. The Labute approximate surface area is 125 Å². The molecule has 0 bridgehead atoms. The molecule has 0 atom stereocenters. The van der Waals surface area contributed by atoms with Crippen molar-refractivity contribution in [1.29, 1.82) is 0 Å². The van der Waals surface area contributed by atoms with Crippen LogP contribution in [-0.2, 0) is 4.74 Å². The van der Waals surface area contributed by atoms with Gasteiger partial charge >= 0.3 is 0 Å². The van der Waals surface area contributed by atoms with Crippen LogP contribution in [0.3, 0.4) is 0 Å². The van der Waals surface area contributed by atoms with Crippen LogP contribution in [0.1, 0.15) is 55.8 Å². The number of amides is 1. The number of hydrogen-bond donors (Lipinski definition) is 2. The average Bonchev–Trinajstić information content (AvgIpc) is 2.42. The third kappa shape index (κ3) is 3.69. The largest absolute Gasteiger partial charge is 0.382 e. The first-order valence-corrected chi connectivity index (χ1v) is 7.49. The summed E-state index contributed by atoms with van der Waals surface area (Å²) < 4.78 is 5.23. The van der Waals surface area contributed by atoms with Gasteiger partial charge in [0.25, 0.3) is 5.91 Å². The Morgan fingerprint density at radius 1 is 1.48 bits per heavy atom. The number of nitrogens with zero attached hydrogens (tertiary/aromatic N) is 2. The summed E-state index contributed by atoms with van der Waals surface area (Å²) >= 11 is 0. The molecular formula is C15H24N4O2. The van der Waals surface area contributed by atoms with Gasteiger partial charge < -0.3 is 15.4 Å². The van der Waals surface area contributed by atoms with Crippen LogP contribution >= 0.6 is 0 Å². The van der Waals surface area contributed by atoms with Gasteiger partial charge in [0, 0.05) is 25.6 Å². The standard InChI is InChI=1S/C15H24N4O2/c1-5-16-12-8-17-14(9(2)3)19-13(12)15(20)18-10-6-11(7-10)21-4/h8-11,16H,5-7H2,1-4H3,(H,18,20). The molecule has 1 amide bonds. The minimum atomic E-state index is -0.144. The van der Waals surface area contributed by atoms with E-state index in [1.807, 2.05) is 20.8 Å². The minimum Gasteiger partial charge on any atom is -0.382 e. The highest BCUT2D eigenvalue weighted by Crippen LogP contribution is 2.23. The van der Waals surface area contributed by atoms with Gasteiger partial charge in [-0.2, -0.15) is 0 Å². The molecule has 0 aromatic carbocycles. The molecule has 0 spiro atoms. The van der Waals surface area contributed by atoms with E-state index in [0.29, 0.717) is 17.2 Å². The molecule has 2 N–H and O–H groups in total. The van der Waals surface area contributed by atoms with Gasteiger partial charge in [-0.25, -0.2) is 9.97 Å². The zero-order chi connectivity index (χ0) is 15.4. The van der Waals surface area contributed by atoms with Crippen LogP contribution < -0.4 is 10.6 Å². The van der Waals surface area contributed by atoms with E-state index < -0.39 is 0 Å². The first kappa shape index (κ1) is 15.7. The summed E-state index contributed by atoms with van der Waals surface area (Å²) in [5.41, 5.74) is 1.11. The fraction of sp³-hybridized carbons (Fsp3) is 0.667. The average molecular weight is 292 g/mol. The van der Waals surface area contributed by atoms with Crippen molar-refractivity contribution in [3.63, 3.8) is 0 Å². The smallest absolute Gasteiger partial charge is 0.272 e. The molecule has 0 saturated heterocycles. The summed E-state index contributed by atoms with van der Waals surface area (Å²) in [6, 6.07) is 0.175. The maximum absolute atomic E-state index is 12.4. The molecule has 0 unspecified atom stereocenters. The Hall–Kier alpha value is -1.69. The fourth-order valence-corrected chi connectivity index (χ4v) is 2.30. The van der Waals surface area contributed by atoms with Gasteiger partial charge in [-0.15, -0.1) is 0 Å². The third-order valence-electron chi connectivity index (χ3n) is 3.67. The molecule has 0 radical (unpaired) electrons. The maximum atomic E-state index is 12.4. The van der Waals surface area contributed by atoms with Crippen LogP contribution in [-0.4, -0.2) is 41.7 Å². The number of nitrogens with one attached hydrogen (secondary N) is 2. The Kier molecular flexibility index (Phi) is 5.12. The van der Waals surface area contributed by atoms with Crippen molar-refractivity contribution in [1.82, 2.24) is 15.3 Å². The molecule has 1 aliphatic rings. The van der Waals surface area contributed by atoms with E-state index in [-0.39, 0.29) is 24.0 Å². The molecule has 6 heteroatoms. The van der Waals surface area contributed by atoms with Gasteiger partial charge in [0.15, 0.2) is 5.69 Å². The van der Waals surface area contributed by atoms with Crippen LogP contribution in [0.4, 0.5) is 5.69 Å². The summed E-state index contributed by atoms with van der Waals surface area (Å²) in [4.78, 5) is 21.2. The molecule has 1 heterocycles. The number of aromatic nitrogens is 2. The van der Waals surface area contributed by atoms with Crippen LogP contribution in [0.15, 0.2) is 6.20 Å². The van der Waals surface area contributed by atoms with E-state index in [2.05, 4.69) is 20.6 Å². The van der Waals surface area contributed by atoms with Gasteiger partial charge in [-0.1, -0.05) is 13.8 Å². The van der Waals surface area contributed by atoms with Crippen LogP contribution in [0.5, 0.6) is 0 Å². The fourth-order valence-electron chi connectivity index (χ4n) is 2.30. The van der Waals surface area contributed by atoms with E-state index >= 15 is 0 Å². The lowest BCUT2D eigenvalue weighted by atomic mass is 9.89. The van der Waals surface area contributed by atoms with Gasteiger partial charge in [-0.05, 0) is 19.8 Å². The lowest BCUT2D eigenvalue weighted by Crippen LogP contribution is -2.47. The van der Waals surface area contributed by atoms with E-state index in [1.54, 1.807) is 13.3 Å². The second kappa shape index (κ2) is 6.85. The van der Waals surface area contributed by atoms with Crippen molar-refractivity contribution in [3.8, 4) is 0 Å². The molecule has 1 saturated carbocycles. The number of carbonyl (C=O) groups is 1. The maximum Gasteiger partial charge on any atom is 0.272 e. The molecule has 0 aliphatic heterocycles. The molecule has 1 aromatic rings. The topological polar surface area (TPSA) is 76.1 Å². The Balaban J connectivity index is 2.11. The summed E-state index contributed by atoms with van der Waals surface area (Å²) in [7, 11) is 1.70. The van der Waals surface area contributed by atoms with E-state index in [0.717, 1.165) is 19.4 Å². The number of hydrogen-bond acceptors (Lipinski definition) is 5. The lowest BCUT2D eigenvalue weighted by Gasteiger charge is -2.34. The zero-order valence-electron chi connectivity index (χ0n) is 13.1. The second-order valence-electron chi connectivity index (χ2n) is 5.68. The van der Waals surface area contributed by atoms with Crippen molar-refractivity contribution in [3.05, 3.63) is 17.7 Å². The van der Waals surface area contributed by atoms with Crippen molar-refractivity contribution in [2.24, 2.45) is 0 Å². The summed E-state index contributed by atoms with van der Waals surface area (Å²) in [6.07, 6.45) is 3.68. The first-order chi connectivity index (χ1) is 10.0. The van der Waals surface area contributed by atoms with Gasteiger partial charge in [0.1, 0.15) is 5.82 Å². The number of ether oxygens (including phenoxy) is 1. The van der Waals surface area contributed by atoms with Crippen molar-refractivity contribution in [2.75, 3.05) is 19.0 Å². The molecule has 6 nitrogen and oxygen atoms in total. The quantitative estimate of drug-likeness (QED) is 0.838. The van der Waals surface area contributed by atoms with E-state index in [1.165, 1.54) is 0 Å². The number of methoxy groups -OCH3 is 1. The lowest BCUT2D eigenvalue weighted by molar-refractivity contribution is 0.0175. The monoisotopic (exact) mass is 292 g/mol. The van der Waals surface area contributed by atoms with E-state index in [9.17, 15) is 4.79 Å². The highest BCUT2D eigenvalue weighted by Gasteiger charge is 2.31. The predicted octanol–water partition coefficient (Wildman–Crippen LogP) is 1.94. The zero-order valence-corrected chi connectivity index (χ0v) is 13.1.